The van der Waals surface area contributed by atoms with E-state index in [9.17, 15) is 4.79 Å². The Morgan fingerprint density at radius 1 is 0.967 bits per heavy atom. The van der Waals surface area contributed by atoms with Gasteiger partial charge in [-0.15, -0.1) is 0 Å². The molecule has 1 amide bonds. The molecule has 1 heterocycles. The number of nitrogens with zero attached hydrogens (tertiary/aromatic N) is 1. The molecule has 1 aliphatic heterocycles. The third-order valence-electron chi connectivity index (χ3n) is 4.34. The number of thiocarbonyl (C=S) groups is 1. The van der Waals surface area contributed by atoms with Crippen molar-refractivity contribution in [2.45, 2.75) is 6.92 Å². The average Bonchev–Trinajstić information content (AvgIpc) is 3.04. The second-order valence-corrected chi connectivity index (χ2v) is 7.88. The molecule has 3 rings (SSSR count). The monoisotopic (exact) mass is 445 g/mol. The van der Waals surface area contributed by atoms with Gasteiger partial charge in [0.05, 0.1) is 19.1 Å². The third kappa shape index (κ3) is 5.25. The summed E-state index contributed by atoms with van der Waals surface area (Å²) in [6, 6.07) is 12.9. The van der Waals surface area contributed by atoms with Gasteiger partial charge in [0.25, 0.3) is 5.91 Å². The van der Waals surface area contributed by atoms with Crippen molar-refractivity contribution in [2.24, 2.45) is 0 Å². The Hall–Kier alpha value is -2.71. The Balaban J connectivity index is 1.59. The van der Waals surface area contributed by atoms with E-state index < -0.39 is 0 Å². The number of rotatable bonds is 9. The van der Waals surface area contributed by atoms with Gasteiger partial charge < -0.3 is 18.9 Å². The lowest BCUT2D eigenvalue weighted by molar-refractivity contribution is -0.121. The molecule has 0 radical (unpaired) electrons. The molecule has 0 saturated carbocycles. The van der Waals surface area contributed by atoms with E-state index in [4.69, 9.17) is 31.2 Å². The third-order valence-corrected chi connectivity index (χ3v) is 5.72. The summed E-state index contributed by atoms with van der Waals surface area (Å²) in [5, 5.41) is 0. The van der Waals surface area contributed by atoms with Crippen LogP contribution < -0.4 is 18.9 Å². The predicted octanol–water partition coefficient (Wildman–Crippen LogP) is 4.38. The van der Waals surface area contributed by atoms with Crippen molar-refractivity contribution in [1.82, 2.24) is 4.90 Å². The number of amides is 1. The highest BCUT2D eigenvalue weighted by atomic mass is 32.2. The Labute approximate surface area is 185 Å². The molecule has 2 aromatic rings. The SMILES string of the molecule is CCN1C(=O)C(=Cc2ccc(OCCOc3ccc(OC)cc3)c(OC)c2)SC1=S. The number of thioether (sulfide) groups is 1. The highest BCUT2D eigenvalue weighted by molar-refractivity contribution is 8.26. The summed E-state index contributed by atoms with van der Waals surface area (Å²) < 4.78 is 22.6. The molecule has 6 nitrogen and oxygen atoms in total. The van der Waals surface area contributed by atoms with E-state index >= 15 is 0 Å². The first kappa shape index (κ1) is 22.0. The molecule has 0 atom stereocenters. The van der Waals surface area contributed by atoms with Crippen LogP contribution in [0.1, 0.15) is 12.5 Å². The van der Waals surface area contributed by atoms with Crippen LogP contribution in [-0.4, -0.2) is 49.1 Å². The Morgan fingerprint density at radius 2 is 1.67 bits per heavy atom. The molecule has 0 N–H and O–H groups in total. The average molecular weight is 446 g/mol. The van der Waals surface area contributed by atoms with E-state index in [0.717, 1.165) is 17.1 Å². The van der Waals surface area contributed by atoms with Crippen molar-refractivity contribution in [2.75, 3.05) is 34.0 Å². The van der Waals surface area contributed by atoms with E-state index in [1.165, 1.54) is 11.8 Å². The van der Waals surface area contributed by atoms with Gasteiger partial charge in [0.1, 0.15) is 29.0 Å². The minimum absolute atomic E-state index is 0.0672. The van der Waals surface area contributed by atoms with Crippen molar-refractivity contribution in [3.05, 3.63) is 52.9 Å². The first-order valence-electron chi connectivity index (χ1n) is 9.38. The van der Waals surface area contributed by atoms with E-state index in [1.807, 2.05) is 55.5 Å². The van der Waals surface area contributed by atoms with Crippen LogP contribution in [0.4, 0.5) is 0 Å². The summed E-state index contributed by atoms with van der Waals surface area (Å²) in [6.07, 6.45) is 1.81. The van der Waals surface area contributed by atoms with Gasteiger partial charge in [0.2, 0.25) is 0 Å². The van der Waals surface area contributed by atoms with Gasteiger partial charge in [-0.05, 0) is 55.0 Å². The number of hydrogen-bond acceptors (Lipinski definition) is 7. The number of methoxy groups -OCH3 is 2. The van der Waals surface area contributed by atoms with Crippen molar-refractivity contribution < 1.29 is 23.7 Å². The molecule has 0 aliphatic carbocycles. The predicted molar refractivity (Wildman–Crippen MR) is 123 cm³/mol. The lowest BCUT2D eigenvalue weighted by Gasteiger charge is -2.12. The maximum atomic E-state index is 12.4. The Morgan fingerprint density at radius 3 is 2.30 bits per heavy atom. The quantitative estimate of drug-likeness (QED) is 0.322. The minimum Gasteiger partial charge on any atom is -0.497 e. The molecular formula is C22H23NO5S2. The largest absolute Gasteiger partial charge is 0.497 e. The normalized spacial score (nSPS) is 14.9. The summed E-state index contributed by atoms with van der Waals surface area (Å²) in [5.41, 5.74) is 0.838. The summed E-state index contributed by atoms with van der Waals surface area (Å²) in [6.45, 7) is 3.21. The summed E-state index contributed by atoms with van der Waals surface area (Å²) in [5.74, 6) is 2.64. The molecule has 30 heavy (non-hydrogen) atoms. The Kier molecular flexibility index (Phi) is 7.59. The van der Waals surface area contributed by atoms with E-state index in [-0.39, 0.29) is 5.91 Å². The molecule has 0 spiro atoms. The summed E-state index contributed by atoms with van der Waals surface area (Å²) >= 11 is 6.56. The Bertz CT molecular complexity index is 943. The number of carbonyl (C=O) groups excluding carboxylic acids is 1. The van der Waals surface area contributed by atoms with Crippen molar-refractivity contribution in [3.63, 3.8) is 0 Å². The molecule has 0 unspecified atom stereocenters. The zero-order valence-corrected chi connectivity index (χ0v) is 18.7. The van der Waals surface area contributed by atoms with Crippen LogP contribution in [0.2, 0.25) is 0 Å². The topological polar surface area (TPSA) is 57.2 Å². The van der Waals surface area contributed by atoms with Gasteiger partial charge in [-0.1, -0.05) is 30.0 Å². The van der Waals surface area contributed by atoms with Gasteiger partial charge in [-0.3, -0.25) is 9.69 Å². The molecule has 2 aromatic carbocycles. The zero-order chi connectivity index (χ0) is 21.5. The van der Waals surface area contributed by atoms with Crippen molar-refractivity contribution in [3.8, 4) is 23.0 Å². The van der Waals surface area contributed by atoms with Gasteiger partial charge in [-0.2, -0.15) is 0 Å². The zero-order valence-electron chi connectivity index (χ0n) is 17.0. The minimum atomic E-state index is -0.0672. The number of ether oxygens (including phenoxy) is 4. The van der Waals surface area contributed by atoms with Crippen LogP contribution in [0.25, 0.3) is 6.08 Å². The van der Waals surface area contributed by atoms with Crippen molar-refractivity contribution >= 4 is 40.3 Å². The molecule has 1 aliphatic rings. The molecule has 0 aromatic heterocycles. The van der Waals surface area contributed by atoms with E-state index in [0.29, 0.717) is 40.5 Å². The fourth-order valence-electron chi connectivity index (χ4n) is 2.80. The van der Waals surface area contributed by atoms with Crippen LogP contribution in [0, 0.1) is 0 Å². The first-order chi connectivity index (χ1) is 14.5. The van der Waals surface area contributed by atoms with Crippen LogP contribution in [0.5, 0.6) is 23.0 Å². The summed E-state index contributed by atoms with van der Waals surface area (Å²) in [4.78, 5) is 14.6. The maximum absolute atomic E-state index is 12.4. The molecular weight excluding hydrogens is 422 g/mol. The van der Waals surface area contributed by atoms with E-state index in [1.54, 1.807) is 19.1 Å². The van der Waals surface area contributed by atoms with Crippen LogP contribution in [-0.2, 0) is 4.79 Å². The molecule has 0 bridgehead atoms. The number of benzene rings is 2. The number of carbonyl (C=O) groups is 1. The lowest BCUT2D eigenvalue weighted by atomic mass is 10.2. The van der Waals surface area contributed by atoms with Crippen LogP contribution >= 0.6 is 24.0 Å². The van der Waals surface area contributed by atoms with Gasteiger partial charge in [-0.25, -0.2) is 0 Å². The van der Waals surface area contributed by atoms with E-state index in [2.05, 4.69) is 0 Å². The standard InChI is InChI=1S/C22H23NO5S2/c1-4-23-21(24)20(30-22(23)29)14-15-5-10-18(19(13-15)26-3)28-12-11-27-17-8-6-16(25-2)7-9-17/h5-10,13-14H,4,11-12H2,1-3H3. The molecule has 8 heteroatoms. The van der Waals surface area contributed by atoms with Crippen LogP contribution in [0.3, 0.4) is 0 Å². The van der Waals surface area contributed by atoms with Crippen LogP contribution in [0.15, 0.2) is 47.4 Å². The second kappa shape index (κ2) is 10.4. The molecule has 158 valence electrons. The fraction of sp³-hybridized carbons (Fsp3) is 0.273. The van der Waals surface area contributed by atoms with Gasteiger partial charge in [0, 0.05) is 6.54 Å². The molecule has 1 saturated heterocycles. The van der Waals surface area contributed by atoms with Crippen molar-refractivity contribution in [1.29, 1.82) is 0 Å². The number of likely N-dealkylation sites (N-methyl/N-ethyl adjacent to an activating group) is 1. The first-order valence-corrected chi connectivity index (χ1v) is 10.6. The molecule has 1 fully saturated rings. The highest BCUT2D eigenvalue weighted by Gasteiger charge is 2.30. The fourth-order valence-corrected chi connectivity index (χ4v) is 4.18. The number of hydrogen-bond donors (Lipinski definition) is 0. The summed E-state index contributed by atoms with van der Waals surface area (Å²) in [7, 11) is 3.20. The van der Waals surface area contributed by atoms with Gasteiger partial charge >= 0.3 is 0 Å². The highest BCUT2D eigenvalue weighted by Crippen LogP contribution is 2.34. The smallest absolute Gasteiger partial charge is 0.266 e. The van der Waals surface area contributed by atoms with Gasteiger partial charge in [0.15, 0.2) is 11.5 Å². The second-order valence-electron chi connectivity index (χ2n) is 6.21. The maximum Gasteiger partial charge on any atom is 0.266 e. The lowest BCUT2D eigenvalue weighted by Crippen LogP contribution is -2.27.